The highest BCUT2D eigenvalue weighted by Crippen LogP contribution is 2.25. The maximum Gasteiger partial charge on any atom is 0.408 e. The van der Waals surface area contributed by atoms with Crippen molar-refractivity contribution < 1.29 is 19.1 Å². The third-order valence-electron chi connectivity index (χ3n) is 3.36. The number of alkyl carbamates (subject to hydrolysis) is 1. The molecule has 0 aromatic heterocycles. The van der Waals surface area contributed by atoms with Crippen LogP contribution in [-0.4, -0.2) is 30.8 Å². The number of hydrogen-bond donors (Lipinski definition) is 1. The summed E-state index contributed by atoms with van der Waals surface area (Å²) in [6.07, 6.45) is 8.86. The molecule has 0 spiro atoms. The third-order valence-corrected chi connectivity index (χ3v) is 3.36. The zero-order valence-electron chi connectivity index (χ0n) is 13.5. The Balaban J connectivity index is 2.51. The summed E-state index contributed by atoms with van der Waals surface area (Å²) in [5, 5.41) is 2.56. The molecule has 1 atom stereocenters. The molecule has 0 aromatic carbocycles. The fraction of sp³-hybridized carbons (Fsp3) is 0.750. The standard InChI is InChI=1S/C16H27NO4/c1-16(2,3)21-15(19)17-13(14(18)20-4)11-7-10-12-8-5-6-9-12/h7,10,12-13H,5-6,8-9,11H2,1-4H3,(H,17,19)/t13-/m0/s1. The molecule has 5 heteroatoms. The molecular weight excluding hydrogens is 270 g/mol. The summed E-state index contributed by atoms with van der Waals surface area (Å²) in [7, 11) is 1.31. The van der Waals surface area contributed by atoms with E-state index in [-0.39, 0.29) is 0 Å². The lowest BCUT2D eigenvalue weighted by Crippen LogP contribution is -2.43. The highest BCUT2D eigenvalue weighted by molar-refractivity contribution is 5.81. The van der Waals surface area contributed by atoms with Crippen LogP contribution in [0.3, 0.4) is 0 Å². The molecular formula is C16H27NO4. The van der Waals surface area contributed by atoms with E-state index in [1.54, 1.807) is 20.8 Å². The van der Waals surface area contributed by atoms with Gasteiger partial charge in [0.05, 0.1) is 7.11 Å². The van der Waals surface area contributed by atoms with E-state index in [2.05, 4.69) is 11.4 Å². The summed E-state index contributed by atoms with van der Waals surface area (Å²) in [6, 6.07) is -0.706. The number of esters is 1. The van der Waals surface area contributed by atoms with E-state index in [4.69, 9.17) is 9.47 Å². The largest absolute Gasteiger partial charge is 0.467 e. The van der Waals surface area contributed by atoms with Gasteiger partial charge in [-0.3, -0.25) is 0 Å². The van der Waals surface area contributed by atoms with Crippen molar-refractivity contribution in [2.24, 2.45) is 5.92 Å². The highest BCUT2D eigenvalue weighted by atomic mass is 16.6. The second kappa shape index (κ2) is 8.05. The van der Waals surface area contributed by atoms with Crippen molar-refractivity contribution in [3.63, 3.8) is 0 Å². The highest BCUT2D eigenvalue weighted by Gasteiger charge is 2.24. The van der Waals surface area contributed by atoms with Crippen LogP contribution in [-0.2, 0) is 14.3 Å². The first kappa shape index (κ1) is 17.5. The molecule has 1 fully saturated rings. The van der Waals surface area contributed by atoms with Gasteiger partial charge in [0.1, 0.15) is 11.6 Å². The van der Waals surface area contributed by atoms with Crippen molar-refractivity contribution >= 4 is 12.1 Å². The third kappa shape index (κ3) is 7.16. The maximum atomic E-state index is 11.7. The second-order valence-electron chi connectivity index (χ2n) is 6.43. The van der Waals surface area contributed by atoms with Crippen LogP contribution in [0.5, 0.6) is 0 Å². The van der Waals surface area contributed by atoms with Gasteiger partial charge in [-0.05, 0) is 46.0 Å². The van der Waals surface area contributed by atoms with Gasteiger partial charge in [-0.15, -0.1) is 0 Å². The zero-order valence-corrected chi connectivity index (χ0v) is 13.5. The van der Waals surface area contributed by atoms with E-state index in [1.165, 1.54) is 32.8 Å². The summed E-state index contributed by atoms with van der Waals surface area (Å²) >= 11 is 0. The Hall–Kier alpha value is -1.52. The minimum absolute atomic E-state index is 0.419. The molecule has 0 heterocycles. The maximum absolute atomic E-state index is 11.7. The average Bonchev–Trinajstić information content (AvgIpc) is 2.87. The lowest BCUT2D eigenvalue weighted by atomic mass is 10.1. The van der Waals surface area contributed by atoms with Crippen LogP contribution in [0.2, 0.25) is 0 Å². The van der Waals surface area contributed by atoms with Gasteiger partial charge in [0.25, 0.3) is 0 Å². The summed E-state index contributed by atoms with van der Waals surface area (Å²) in [4.78, 5) is 23.5. The zero-order chi connectivity index (χ0) is 15.9. The molecule has 5 nitrogen and oxygen atoms in total. The van der Waals surface area contributed by atoms with E-state index in [1.807, 2.05) is 6.08 Å². The van der Waals surface area contributed by atoms with Crippen molar-refractivity contribution in [3.8, 4) is 0 Å². The van der Waals surface area contributed by atoms with Crippen LogP contribution in [0.25, 0.3) is 0 Å². The normalized spacial score (nSPS) is 17.7. The minimum Gasteiger partial charge on any atom is -0.467 e. The Morgan fingerprint density at radius 2 is 1.90 bits per heavy atom. The molecule has 1 rings (SSSR count). The van der Waals surface area contributed by atoms with Crippen molar-refractivity contribution in [1.82, 2.24) is 5.32 Å². The molecule has 0 aliphatic heterocycles. The van der Waals surface area contributed by atoms with Crippen molar-refractivity contribution in [1.29, 1.82) is 0 Å². The summed E-state index contributed by atoms with van der Waals surface area (Å²) in [5.41, 5.74) is -0.593. The second-order valence-corrected chi connectivity index (χ2v) is 6.43. The Labute approximate surface area is 127 Å². The molecule has 1 saturated carbocycles. The lowest BCUT2D eigenvalue weighted by Gasteiger charge is -2.22. The number of hydrogen-bond acceptors (Lipinski definition) is 4. The van der Waals surface area contributed by atoms with E-state index in [9.17, 15) is 9.59 Å². The predicted molar refractivity (Wildman–Crippen MR) is 80.9 cm³/mol. The van der Waals surface area contributed by atoms with Crippen LogP contribution in [0.15, 0.2) is 12.2 Å². The van der Waals surface area contributed by atoms with Crippen LogP contribution >= 0.6 is 0 Å². The molecule has 0 aromatic rings. The van der Waals surface area contributed by atoms with Crippen molar-refractivity contribution in [3.05, 3.63) is 12.2 Å². The number of rotatable bonds is 5. The van der Waals surface area contributed by atoms with Crippen molar-refractivity contribution in [2.75, 3.05) is 7.11 Å². The Morgan fingerprint density at radius 3 is 2.43 bits per heavy atom. The molecule has 120 valence electrons. The van der Waals surface area contributed by atoms with Gasteiger partial charge in [0.2, 0.25) is 0 Å². The number of carbonyl (C=O) groups excluding carboxylic acids is 2. The molecule has 1 amide bonds. The molecule has 21 heavy (non-hydrogen) atoms. The SMILES string of the molecule is COC(=O)[C@H](CC=CC1CCCC1)NC(=O)OC(C)(C)C. The van der Waals surface area contributed by atoms with Crippen molar-refractivity contribution in [2.45, 2.75) is 64.5 Å². The van der Waals surface area contributed by atoms with E-state index >= 15 is 0 Å². The molecule has 0 radical (unpaired) electrons. The lowest BCUT2D eigenvalue weighted by molar-refractivity contribution is -0.143. The monoisotopic (exact) mass is 297 g/mol. The van der Waals surface area contributed by atoms with Gasteiger partial charge in [-0.25, -0.2) is 9.59 Å². The van der Waals surface area contributed by atoms with Gasteiger partial charge in [-0.1, -0.05) is 25.0 Å². The van der Waals surface area contributed by atoms with E-state index in [0.29, 0.717) is 12.3 Å². The number of carbonyl (C=O) groups is 2. The topological polar surface area (TPSA) is 64.6 Å². The number of amides is 1. The predicted octanol–water partition coefficient (Wildman–Crippen LogP) is 3.19. The van der Waals surface area contributed by atoms with Crippen LogP contribution in [0, 0.1) is 5.92 Å². The number of nitrogens with one attached hydrogen (secondary N) is 1. The molecule has 0 saturated heterocycles. The van der Waals surface area contributed by atoms with Gasteiger partial charge in [0, 0.05) is 0 Å². The Bertz CT molecular complexity index is 378. The van der Waals surface area contributed by atoms with Crippen LogP contribution in [0.4, 0.5) is 4.79 Å². The van der Waals surface area contributed by atoms with Gasteiger partial charge in [0.15, 0.2) is 0 Å². The first-order valence-electron chi connectivity index (χ1n) is 7.56. The molecule has 1 aliphatic rings. The Morgan fingerprint density at radius 1 is 1.29 bits per heavy atom. The van der Waals surface area contributed by atoms with E-state index in [0.717, 1.165) is 0 Å². The van der Waals surface area contributed by atoms with E-state index < -0.39 is 23.7 Å². The molecule has 1 N–H and O–H groups in total. The number of methoxy groups -OCH3 is 1. The smallest absolute Gasteiger partial charge is 0.408 e. The first-order valence-corrected chi connectivity index (χ1v) is 7.56. The molecule has 1 aliphatic carbocycles. The number of allylic oxidation sites excluding steroid dienone is 1. The summed E-state index contributed by atoms with van der Waals surface area (Å²) in [6.45, 7) is 5.33. The van der Waals surface area contributed by atoms with Gasteiger partial charge in [-0.2, -0.15) is 0 Å². The summed E-state index contributed by atoms with van der Waals surface area (Å²) in [5.74, 6) is 0.141. The minimum atomic E-state index is -0.706. The fourth-order valence-electron chi connectivity index (χ4n) is 2.36. The van der Waals surface area contributed by atoms with Gasteiger partial charge < -0.3 is 14.8 Å². The average molecular weight is 297 g/mol. The van der Waals surface area contributed by atoms with Crippen LogP contribution in [0.1, 0.15) is 52.9 Å². The summed E-state index contributed by atoms with van der Waals surface area (Å²) < 4.78 is 9.88. The molecule has 0 unspecified atom stereocenters. The first-order chi connectivity index (χ1) is 9.81. The number of ether oxygens (including phenoxy) is 2. The van der Waals surface area contributed by atoms with Gasteiger partial charge >= 0.3 is 12.1 Å². The Kier molecular flexibility index (Phi) is 6.72. The quantitative estimate of drug-likeness (QED) is 0.625. The van der Waals surface area contributed by atoms with Crippen LogP contribution < -0.4 is 5.32 Å². The fourth-order valence-corrected chi connectivity index (χ4v) is 2.36. The molecule has 0 bridgehead atoms.